The molecule has 0 radical (unpaired) electrons. The number of nitrogens with one attached hydrogen (secondary N) is 2. The first-order chi connectivity index (χ1) is 12.5. The van der Waals surface area contributed by atoms with Crippen LogP contribution in [-0.4, -0.2) is 11.8 Å². The van der Waals surface area contributed by atoms with Crippen LogP contribution in [0.2, 0.25) is 5.02 Å². The molecule has 0 saturated heterocycles. The highest BCUT2D eigenvalue weighted by molar-refractivity contribution is 6.30. The Morgan fingerprint density at radius 3 is 1.58 bits per heavy atom. The third-order valence-corrected chi connectivity index (χ3v) is 4.10. The molecule has 2 N–H and O–H groups in total. The summed E-state index contributed by atoms with van der Waals surface area (Å²) in [5.74, 6) is -0.517. The van der Waals surface area contributed by atoms with Gasteiger partial charge in [-0.15, -0.1) is 0 Å². The minimum absolute atomic E-state index is 0.238. The van der Waals surface area contributed by atoms with Crippen LogP contribution >= 0.6 is 11.6 Å². The van der Waals surface area contributed by atoms with Crippen LogP contribution in [0.4, 0.5) is 11.4 Å². The van der Waals surface area contributed by atoms with E-state index in [0.717, 1.165) is 5.56 Å². The molecule has 0 aliphatic rings. The number of halogens is 1. The molecule has 5 heteroatoms. The molecule has 130 valence electrons. The van der Waals surface area contributed by atoms with E-state index in [0.29, 0.717) is 27.5 Å². The Bertz CT molecular complexity index is 856. The lowest BCUT2D eigenvalue weighted by Crippen LogP contribution is -2.16. The van der Waals surface area contributed by atoms with Crippen molar-refractivity contribution in [2.24, 2.45) is 0 Å². The minimum Gasteiger partial charge on any atom is -0.320 e. The summed E-state index contributed by atoms with van der Waals surface area (Å²) in [6.45, 7) is 1.96. The number of anilines is 2. The molecule has 0 atom stereocenters. The largest absolute Gasteiger partial charge is 0.320 e. The first kappa shape index (κ1) is 17.7. The van der Waals surface area contributed by atoms with Crippen molar-refractivity contribution in [2.45, 2.75) is 6.92 Å². The normalized spacial score (nSPS) is 10.2. The van der Waals surface area contributed by atoms with Gasteiger partial charge in [0.05, 0.1) is 11.4 Å². The van der Waals surface area contributed by atoms with Crippen LogP contribution in [0.5, 0.6) is 0 Å². The van der Waals surface area contributed by atoms with Crippen LogP contribution in [0, 0.1) is 6.92 Å². The van der Waals surface area contributed by atoms with E-state index in [1.54, 1.807) is 60.7 Å². The van der Waals surface area contributed by atoms with Crippen LogP contribution in [0.25, 0.3) is 0 Å². The number of hydrogen-bond donors (Lipinski definition) is 2. The van der Waals surface area contributed by atoms with Crippen LogP contribution in [0.15, 0.2) is 72.8 Å². The van der Waals surface area contributed by atoms with Crippen molar-refractivity contribution in [3.63, 3.8) is 0 Å². The Morgan fingerprint density at radius 2 is 1.12 bits per heavy atom. The summed E-state index contributed by atoms with van der Waals surface area (Å²) >= 11 is 5.85. The lowest BCUT2D eigenvalue weighted by molar-refractivity contribution is 0.101. The molecule has 3 rings (SSSR count). The van der Waals surface area contributed by atoms with Crippen LogP contribution in [0.1, 0.15) is 26.3 Å². The molecule has 0 saturated carbocycles. The zero-order valence-corrected chi connectivity index (χ0v) is 14.9. The monoisotopic (exact) mass is 364 g/mol. The summed E-state index contributed by atoms with van der Waals surface area (Å²) in [5.41, 5.74) is 3.16. The average molecular weight is 365 g/mol. The van der Waals surface area contributed by atoms with Gasteiger partial charge >= 0.3 is 0 Å². The molecular weight excluding hydrogens is 348 g/mol. The van der Waals surface area contributed by atoms with Gasteiger partial charge in [-0.05, 0) is 55.5 Å². The second-order valence-corrected chi connectivity index (χ2v) is 6.26. The van der Waals surface area contributed by atoms with E-state index in [4.69, 9.17) is 11.6 Å². The van der Waals surface area contributed by atoms with Crippen LogP contribution < -0.4 is 10.6 Å². The number of amides is 2. The van der Waals surface area contributed by atoms with E-state index in [9.17, 15) is 9.59 Å². The number of carbonyl (C=O) groups excluding carboxylic acids is 2. The van der Waals surface area contributed by atoms with Crippen molar-refractivity contribution in [3.8, 4) is 0 Å². The molecule has 3 aromatic carbocycles. The second kappa shape index (κ2) is 7.85. The SMILES string of the molecule is Cc1ccc(C(=O)Nc2ccccc2NC(=O)c2ccc(Cl)cc2)cc1. The van der Waals surface area contributed by atoms with Crippen molar-refractivity contribution >= 4 is 34.8 Å². The zero-order chi connectivity index (χ0) is 18.5. The summed E-state index contributed by atoms with van der Waals surface area (Å²) in [4.78, 5) is 24.8. The Kier molecular flexibility index (Phi) is 5.34. The number of rotatable bonds is 4. The third kappa shape index (κ3) is 4.29. The van der Waals surface area contributed by atoms with E-state index in [1.807, 2.05) is 19.1 Å². The molecule has 0 spiro atoms. The third-order valence-electron chi connectivity index (χ3n) is 3.84. The molecule has 0 aliphatic heterocycles. The zero-order valence-electron chi connectivity index (χ0n) is 14.1. The molecule has 2 amide bonds. The molecule has 0 aromatic heterocycles. The highest BCUT2D eigenvalue weighted by atomic mass is 35.5. The topological polar surface area (TPSA) is 58.2 Å². The molecular formula is C21H17ClN2O2. The maximum atomic E-state index is 12.4. The van der Waals surface area contributed by atoms with Crippen molar-refractivity contribution in [1.29, 1.82) is 0 Å². The number of carbonyl (C=O) groups is 2. The van der Waals surface area contributed by atoms with Crippen molar-refractivity contribution in [3.05, 3.63) is 94.5 Å². The van der Waals surface area contributed by atoms with Gasteiger partial charge in [-0.2, -0.15) is 0 Å². The Morgan fingerprint density at radius 1 is 0.692 bits per heavy atom. The molecule has 0 unspecified atom stereocenters. The van der Waals surface area contributed by atoms with E-state index in [2.05, 4.69) is 10.6 Å². The maximum Gasteiger partial charge on any atom is 0.255 e. The van der Waals surface area contributed by atoms with E-state index in [-0.39, 0.29) is 11.8 Å². The lowest BCUT2D eigenvalue weighted by atomic mass is 10.1. The van der Waals surface area contributed by atoms with Gasteiger partial charge in [0.2, 0.25) is 0 Å². The van der Waals surface area contributed by atoms with Crippen LogP contribution in [-0.2, 0) is 0 Å². The van der Waals surface area contributed by atoms with Gasteiger partial charge in [0.25, 0.3) is 11.8 Å². The summed E-state index contributed by atoms with van der Waals surface area (Å²) in [7, 11) is 0. The standard InChI is InChI=1S/C21H17ClN2O2/c1-14-6-8-15(9-7-14)20(25)23-18-4-2-3-5-19(18)24-21(26)16-10-12-17(22)13-11-16/h2-13H,1H3,(H,23,25)(H,24,26). The number of para-hydroxylation sites is 2. The van der Waals surface area contributed by atoms with Gasteiger partial charge in [0, 0.05) is 16.1 Å². The van der Waals surface area contributed by atoms with Gasteiger partial charge in [-0.1, -0.05) is 41.4 Å². The van der Waals surface area contributed by atoms with Gasteiger partial charge in [-0.25, -0.2) is 0 Å². The second-order valence-electron chi connectivity index (χ2n) is 5.83. The molecule has 0 aliphatic carbocycles. The number of benzene rings is 3. The fourth-order valence-corrected chi connectivity index (χ4v) is 2.52. The molecule has 26 heavy (non-hydrogen) atoms. The van der Waals surface area contributed by atoms with E-state index < -0.39 is 0 Å². The Labute approximate surface area is 156 Å². The summed E-state index contributed by atoms with van der Waals surface area (Å²) < 4.78 is 0. The van der Waals surface area contributed by atoms with E-state index >= 15 is 0 Å². The Balaban J connectivity index is 1.77. The predicted molar refractivity (Wildman–Crippen MR) is 105 cm³/mol. The van der Waals surface area contributed by atoms with Crippen LogP contribution in [0.3, 0.4) is 0 Å². The fraction of sp³-hybridized carbons (Fsp3) is 0.0476. The highest BCUT2D eigenvalue weighted by Gasteiger charge is 2.12. The van der Waals surface area contributed by atoms with Crippen molar-refractivity contribution < 1.29 is 9.59 Å². The van der Waals surface area contributed by atoms with Crippen molar-refractivity contribution in [1.82, 2.24) is 0 Å². The first-order valence-electron chi connectivity index (χ1n) is 8.07. The summed E-state index contributed by atoms with van der Waals surface area (Å²) in [6, 6.07) is 20.9. The average Bonchev–Trinajstić information content (AvgIpc) is 2.64. The van der Waals surface area contributed by atoms with Gasteiger partial charge in [0.1, 0.15) is 0 Å². The molecule has 0 fully saturated rings. The molecule has 0 heterocycles. The number of hydrogen-bond acceptors (Lipinski definition) is 2. The number of aryl methyl sites for hydroxylation is 1. The van der Waals surface area contributed by atoms with Gasteiger partial charge < -0.3 is 10.6 Å². The molecule has 0 bridgehead atoms. The van der Waals surface area contributed by atoms with E-state index in [1.165, 1.54) is 0 Å². The quantitative estimate of drug-likeness (QED) is 0.672. The highest BCUT2D eigenvalue weighted by Crippen LogP contribution is 2.23. The van der Waals surface area contributed by atoms with Gasteiger partial charge in [-0.3, -0.25) is 9.59 Å². The smallest absolute Gasteiger partial charge is 0.255 e. The minimum atomic E-state index is -0.279. The molecule has 3 aromatic rings. The Hall–Kier alpha value is -3.11. The molecule has 4 nitrogen and oxygen atoms in total. The summed E-state index contributed by atoms with van der Waals surface area (Å²) in [5, 5.41) is 6.22. The van der Waals surface area contributed by atoms with Gasteiger partial charge in [0.15, 0.2) is 0 Å². The summed E-state index contributed by atoms with van der Waals surface area (Å²) in [6.07, 6.45) is 0. The predicted octanol–water partition coefficient (Wildman–Crippen LogP) is 5.15. The maximum absolute atomic E-state index is 12.4. The first-order valence-corrected chi connectivity index (χ1v) is 8.45. The van der Waals surface area contributed by atoms with Crippen molar-refractivity contribution in [2.75, 3.05) is 10.6 Å². The fourth-order valence-electron chi connectivity index (χ4n) is 2.40. The lowest BCUT2D eigenvalue weighted by Gasteiger charge is -2.12.